The predicted octanol–water partition coefficient (Wildman–Crippen LogP) is 3.94. The molecule has 0 radical (unpaired) electrons. The van der Waals surface area contributed by atoms with Crippen molar-refractivity contribution in [3.05, 3.63) is 42.5 Å². The average Bonchev–Trinajstić information content (AvgIpc) is 2.98. The molecule has 0 bridgehead atoms. The van der Waals surface area contributed by atoms with Crippen LogP contribution in [-0.4, -0.2) is 26.7 Å². The summed E-state index contributed by atoms with van der Waals surface area (Å²) in [5.74, 6) is 1.40. The average molecular weight is 311 g/mol. The molecule has 1 unspecified atom stereocenters. The van der Waals surface area contributed by atoms with E-state index in [1.165, 1.54) is 4.80 Å². The zero-order chi connectivity index (χ0) is 16.2. The van der Waals surface area contributed by atoms with Gasteiger partial charge in [-0.3, -0.25) is 0 Å². The zero-order valence-corrected chi connectivity index (χ0v) is 13.4. The Morgan fingerprint density at radius 2 is 1.83 bits per heavy atom. The highest BCUT2D eigenvalue weighted by Crippen LogP contribution is 2.27. The second kappa shape index (κ2) is 6.69. The van der Waals surface area contributed by atoms with Crippen LogP contribution in [0.15, 0.2) is 42.5 Å². The summed E-state index contributed by atoms with van der Waals surface area (Å²) in [5, 5.41) is 19.0. The first kappa shape index (κ1) is 15.3. The highest BCUT2D eigenvalue weighted by molar-refractivity contribution is 5.73. The smallest absolute Gasteiger partial charge is 0.146 e. The topological polar surface area (TPSA) is 60.2 Å². The van der Waals surface area contributed by atoms with Crippen molar-refractivity contribution in [1.82, 2.24) is 15.0 Å². The number of phenols is 1. The lowest BCUT2D eigenvalue weighted by Gasteiger charge is -2.11. The van der Waals surface area contributed by atoms with E-state index in [2.05, 4.69) is 24.0 Å². The van der Waals surface area contributed by atoms with Gasteiger partial charge in [0.25, 0.3) is 0 Å². The largest absolute Gasteiger partial charge is 0.505 e. The summed E-state index contributed by atoms with van der Waals surface area (Å²) in [6.07, 6.45) is 2.15. The third-order valence-electron chi connectivity index (χ3n) is 4.03. The number of aromatic hydroxyl groups is 1. The van der Waals surface area contributed by atoms with Gasteiger partial charge >= 0.3 is 0 Å². The summed E-state index contributed by atoms with van der Waals surface area (Å²) in [6.45, 7) is 5.03. The van der Waals surface area contributed by atoms with Gasteiger partial charge in [-0.05, 0) is 36.6 Å². The van der Waals surface area contributed by atoms with Crippen molar-refractivity contribution in [2.24, 2.45) is 5.92 Å². The molecule has 0 saturated heterocycles. The fourth-order valence-corrected chi connectivity index (χ4v) is 2.31. The molecule has 3 rings (SSSR count). The van der Waals surface area contributed by atoms with Crippen LogP contribution in [-0.2, 0) is 0 Å². The number of hydrogen-bond acceptors (Lipinski definition) is 4. The van der Waals surface area contributed by atoms with Gasteiger partial charge in [0.2, 0.25) is 0 Å². The van der Waals surface area contributed by atoms with E-state index < -0.39 is 0 Å². The van der Waals surface area contributed by atoms with E-state index in [1.807, 2.05) is 30.3 Å². The van der Waals surface area contributed by atoms with Gasteiger partial charge in [-0.2, -0.15) is 0 Å². The van der Waals surface area contributed by atoms with Gasteiger partial charge < -0.3 is 9.84 Å². The number of nitrogens with zero attached hydrogens (tertiary/aromatic N) is 3. The summed E-state index contributed by atoms with van der Waals surface area (Å²) in [6, 6.07) is 12.8. The minimum absolute atomic E-state index is 0.103. The Morgan fingerprint density at radius 3 is 2.43 bits per heavy atom. The molecule has 0 saturated carbocycles. The van der Waals surface area contributed by atoms with E-state index in [1.54, 1.807) is 12.1 Å². The van der Waals surface area contributed by atoms with Crippen LogP contribution in [0.4, 0.5) is 0 Å². The molecule has 0 aliphatic heterocycles. The van der Waals surface area contributed by atoms with Gasteiger partial charge in [0.1, 0.15) is 28.2 Å². The molecule has 0 fully saturated rings. The van der Waals surface area contributed by atoms with Gasteiger partial charge in [-0.15, -0.1) is 15.0 Å². The van der Waals surface area contributed by atoms with Crippen LogP contribution >= 0.6 is 0 Å². The monoisotopic (exact) mass is 311 g/mol. The summed E-state index contributed by atoms with van der Waals surface area (Å²) in [4.78, 5) is 1.45. The van der Waals surface area contributed by atoms with Crippen LogP contribution in [0.25, 0.3) is 16.7 Å². The maximum Gasteiger partial charge on any atom is 0.146 e. The molecule has 23 heavy (non-hydrogen) atoms. The summed E-state index contributed by atoms with van der Waals surface area (Å²) in [5.41, 5.74) is 2.12. The molecule has 0 aliphatic rings. The first-order valence-corrected chi connectivity index (χ1v) is 7.95. The lowest BCUT2D eigenvalue weighted by atomic mass is 10.1. The molecular formula is C18H21N3O2. The van der Waals surface area contributed by atoms with Crippen molar-refractivity contribution in [3.8, 4) is 17.2 Å². The van der Waals surface area contributed by atoms with Crippen LogP contribution in [0.3, 0.4) is 0 Å². The molecule has 5 nitrogen and oxygen atoms in total. The normalized spacial score (nSPS) is 12.4. The number of ether oxygens (including phenoxy) is 1. The molecule has 2 aromatic carbocycles. The molecule has 3 aromatic rings. The van der Waals surface area contributed by atoms with Crippen LogP contribution in [0.2, 0.25) is 0 Å². The van der Waals surface area contributed by atoms with Gasteiger partial charge in [-0.25, -0.2) is 0 Å². The first-order valence-electron chi connectivity index (χ1n) is 7.95. The molecule has 0 aliphatic carbocycles. The standard InChI is InChI=1S/C18H21N3O2/c1-3-13(2)10-11-23-14-8-9-17(18(22)12-14)21-19-15-6-4-5-7-16(15)20-21/h4-9,12-13,22H,3,10-11H2,1-2H3. The van der Waals surface area contributed by atoms with Crippen LogP contribution in [0.1, 0.15) is 26.7 Å². The summed E-state index contributed by atoms with van der Waals surface area (Å²) in [7, 11) is 0. The molecular weight excluding hydrogens is 290 g/mol. The minimum Gasteiger partial charge on any atom is -0.505 e. The summed E-state index contributed by atoms with van der Waals surface area (Å²) < 4.78 is 5.70. The Hall–Kier alpha value is -2.56. The van der Waals surface area contributed by atoms with E-state index in [0.29, 0.717) is 24.0 Å². The van der Waals surface area contributed by atoms with Crippen molar-refractivity contribution >= 4 is 11.0 Å². The van der Waals surface area contributed by atoms with Crippen molar-refractivity contribution in [3.63, 3.8) is 0 Å². The van der Waals surface area contributed by atoms with Gasteiger partial charge in [0.05, 0.1) is 6.61 Å². The fourth-order valence-electron chi connectivity index (χ4n) is 2.31. The number of phenolic OH excluding ortho intramolecular Hbond substituents is 1. The quantitative estimate of drug-likeness (QED) is 0.749. The van der Waals surface area contributed by atoms with Crippen molar-refractivity contribution in [1.29, 1.82) is 0 Å². The maximum atomic E-state index is 10.2. The molecule has 0 spiro atoms. The number of aromatic nitrogens is 3. The Kier molecular flexibility index (Phi) is 4.46. The van der Waals surface area contributed by atoms with Crippen LogP contribution in [0.5, 0.6) is 11.5 Å². The number of fused-ring (bicyclic) bond motifs is 1. The zero-order valence-electron chi connectivity index (χ0n) is 13.4. The van der Waals surface area contributed by atoms with Gasteiger partial charge in [0, 0.05) is 6.07 Å². The first-order chi connectivity index (χ1) is 11.2. The van der Waals surface area contributed by atoms with E-state index in [9.17, 15) is 5.11 Å². The minimum atomic E-state index is 0.103. The number of rotatable bonds is 6. The van der Waals surface area contributed by atoms with E-state index in [0.717, 1.165) is 23.9 Å². The van der Waals surface area contributed by atoms with Gasteiger partial charge in [-0.1, -0.05) is 32.4 Å². The molecule has 1 atom stereocenters. The van der Waals surface area contributed by atoms with Crippen molar-refractivity contribution < 1.29 is 9.84 Å². The highest BCUT2D eigenvalue weighted by atomic mass is 16.5. The molecule has 120 valence electrons. The predicted molar refractivity (Wildman–Crippen MR) is 90.1 cm³/mol. The molecule has 1 heterocycles. The van der Waals surface area contributed by atoms with Crippen molar-refractivity contribution in [2.75, 3.05) is 6.61 Å². The molecule has 1 N–H and O–H groups in total. The molecule has 1 aromatic heterocycles. The fraction of sp³-hybridized carbons (Fsp3) is 0.333. The lowest BCUT2D eigenvalue weighted by molar-refractivity contribution is 0.280. The Morgan fingerprint density at radius 1 is 1.13 bits per heavy atom. The summed E-state index contributed by atoms with van der Waals surface area (Å²) >= 11 is 0. The third kappa shape index (κ3) is 3.44. The second-order valence-corrected chi connectivity index (χ2v) is 5.78. The van der Waals surface area contributed by atoms with Crippen LogP contribution < -0.4 is 4.74 Å². The Balaban J connectivity index is 1.76. The van der Waals surface area contributed by atoms with E-state index >= 15 is 0 Å². The number of hydrogen-bond donors (Lipinski definition) is 1. The van der Waals surface area contributed by atoms with Crippen molar-refractivity contribution in [2.45, 2.75) is 26.7 Å². The van der Waals surface area contributed by atoms with E-state index in [-0.39, 0.29) is 5.75 Å². The van der Waals surface area contributed by atoms with Gasteiger partial charge in [0.15, 0.2) is 0 Å². The Bertz CT molecular complexity index is 765. The second-order valence-electron chi connectivity index (χ2n) is 5.78. The van der Waals surface area contributed by atoms with E-state index in [4.69, 9.17) is 4.74 Å². The lowest BCUT2D eigenvalue weighted by Crippen LogP contribution is -2.04. The SMILES string of the molecule is CCC(C)CCOc1ccc(-n2nc3ccccc3n2)c(O)c1. The third-order valence-corrected chi connectivity index (χ3v) is 4.03. The van der Waals surface area contributed by atoms with Crippen LogP contribution in [0, 0.1) is 5.92 Å². The highest BCUT2D eigenvalue weighted by Gasteiger charge is 2.10. The molecule has 0 amide bonds. The Labute approximate surface area is 135 Å². The number of benzene rings is 2. The molecule has 5 heteroatoms. The maximum absolute atomic E-state index is 10.2.